The lowest BCUT2D eigenvalue weighted by atomic mass is 10.3. The molecule has 0 bridgehead atoms. The maximum absolute atomic E-state index is 13.8. The van der Waals surface area contributed by atoms with Crippen molar-refractivity contribution in [2.24, 2.45) is 0 Å². The maximum Gasteiger partial charge on any atom is 0.322 e. The lowest BCUT2D eigenvalue weighted by Gasteiger charge is -2.34. The maximum atomic E-state index is 13.8. The number of piperazine rings is 1. The van der Waals surface area contributed by atoms with E-state index >= 15 is 0 Å². The minimum absolute atomic E-state index is 0.185. The van der Waals surface area contributed by atoms with E-state index in [9.17, 15) is 9.18 Å². The average molecular weight is 416 g/mol. The zero-order valence-corrected chi connectivity index (χ0v) is 17.0. The molecule has 0 radical (unpaired) electrons. The number of carbonyl (C=O) groups is 1. The molecule has 0 saturated carbocycles. The van der Waals surface area contributed by atoms with Gasteiger partial charge in [-0.05, 0) is 24.3 Å². The van der Waals surface area contributed by atoms with Gasteiger partial charge < -0.3 is 24.6 Å². The van der Waals surface area contributed by atoms with Gasteiger partial charge in [0, 0.05) is 26.2 Å². The molecule has 1 fully saturated rings. The van der Waals surface area contributed by atoms with Crippen molar-refractivity contribution in [3.05, 3.63) is 42.2 Å². The van der Waals surface area contributed by atoms with E-state index in [-0.39, 0.29) is 11.7 Å². The monoisotopic (exact) mass is 416 g/mol. The first kappa shape index (κ1) is 19.3. The molecule has 0 aliphatic carbocycles. The topological polar surface area (TPSA) is 66.9 Å². The molecule has 29 heavy (non-hydrogen) atoms. The fourth-order valence-corrected chi connectivity index (χ4v) is 4.39. The fourth-order valence-electron chi connectivity index (χ4n) is 3.27. The highest BCUT2D eigenvalue weighted by Crippen LogP contribution is 2.40. The molecular weight excluding hydrogens is 395 g/mol. The summed E-state index contributed by atoms with van der Waals surface area (Å²) in [6.45, 7) is 2.30. The number of ether oxygens (including phenoxy) is 2. The zero-order chi connectivity index (χ0) is 20.4. The van der Waals surface area contributed by atoms with Crippen LogP contribution in [0.3, 0.4) is 0 Å². The number of rotatable bonds is 4. The molecule has 9 heteroatoms. The van der Waals surface area contributed by atoms with Crippen LogP contribution < -0.4 is 19.7 Å². The van der Waals surface area contributed by atoms with E-state index in [4.69, 9.17) is 14.5 Å². The van der Waals surface area contributed by atoms with E-state index in [1.54, 1.807) is 37.3 Å². The summed E-state index contributed by atoms with van der Waals surface area (Å²) in [6.07, 6.45) is 0. The largest absolute Gasteiger partial charge is 0.495 e. The molecule has 1 aliphatic heterocycles. The number of halogens is 1. The lowest BCUT2D eigenvalue weighted by molar-refractivity contribution is 0.208. The van der Waals surface area contributed by atoms with Gasteiger partial charge in [-0.2, -0.15) is 0 Å². The summed E-state index contributed by atoms with van der Waals surface area (Å²) < 4.78 is 25.6. The Hall–Kier alpha value is -3.07. The van der Waals surface area contributed by atoms with Gasteiger partial charge in [-0.15, -0.1) is 0 Å². The molecule has 0 spiro atoms. The van der Waals surface area contributed by atoms with E-state index in [0.717, 1.165) is 21.1 Å². The Labute approximate surface area is 171 Å². The van der Waals surface area contributed by atoms with Crippen molar-refractivity contribution in [3.63, 3.8) is 0 Å². The summed E-state index contributed by atoms with van der Waals surface area (Å²) in [5.74, 6) is 1.01. The van der Waals surface area contributed by atoms with Crippen LogP contribution in [0.15, 0.2) is 36.4 Å². The SMILES string of the molecule is COc1ccc(OC)c2sc(N3CCN(C(=O)Nc4ccccc4F)CC3)nc12. The highest BCUT2D eigenvalue weighted by Gasteiger charge is 2.25. The Bertz CT molecular complexity index is 993. The molecule has 1 aromatic heterocycles. The van der Waals surface area contributed by atoms with E-state index < -0.39 is 5.82 Å². The van der Waals surface area contributed by atoms with Crippen molar-refractivity contribution in [1.82, 2.24) is 9.88 Å². The Kier molecular flexibility index (Phi) is 5.39. The van der Waals surface area contributed by atoms with Crippen LogP contribution in [0.5, 0.6) is 11.5 Å². The lowest BCUT2D eigenvalue weighted by Crippen LogP contribution is -2.50. The number of nitrogens with one attached hydrogen (secondary N) is 1. The molecule has 2 heterocycles. The summed E-state index contributed by atoms with van der Waals surface area (Å²) in [4.78, 5) is 21.0. The second-order valence-electron chi connectivity index (χ2n) is 6.53. The van der Waals surface area contributed by atoms with Gasteiger partial charge in [-0.3, -0.25) is 0 Å². The number of hydrogen-bond acceptors (Lipinski definition) is 6. The summed E-state index contributed by atoms with van der Waals surface area (Å²) >= 11 is 1.54. The Morgan fingerprint density at radius 3 is 2.45 bits per heavy atom. The molecule has 2 amide bonds. The van der Waals surface area contributed by atoms with Gasteiger partial charge in [0.25, 0.3) is 0 Å². The Balaban J connectivity index is 1.46. The normalized spacial score (nSPS) is 14.2. The van der Waals surface area contributed by atoms with Crippen molar-refractivity contribution >= 4 is 38.4 Å². The first-order valence-electron chi connectivity index (χ1n) is 9.17. The molecule has 1 saturated heterocycles. The predicted molar refractivity (Wildman–Crippen MR) is 112 cm³/mol. The van der Waals surface area contributed by atoms with Gasteiger partial charge in [0.15, 0.2) is 5.13 Å². The molecule has 7 nitrogen and oxygen atoms in total. The number of fused-ring (bicyclic) bond motifs is 1. The van der Waals surface area contributed by atoms with Crippen LogP contribution in [0, 0.1) is 5.82 Å². The number of benzene rings is 2. The number of para-hydroxylation sites is 1. The van der Waals surface area contributed by atoms with E-state index in [1.165, 1.54) is 17.4 Å². The molecule has 0 atom stereocenters. The van der Waals surface area contributed by atoms with Crippen molar-refractivity contribution < 1.29 is 18.7 Å². The van der Waals surface area contributed by atoms with Crippen molar-refractivity contribution in [3.8, 4) is 11.5 Å². The number of methoxy groups -OCH3 is 2. The first-order chi connectivity index (χ1) is 14.1. The third-order valence-electron chi connectivity index (χ3n) is 4.85. The van der Waals surface area contributed by atoms with Crippen LogP contribution in [0.1, 0.15) is 0 Å². The molecule has 2 aromatic carbocycles. The average Bonchev–Trinajstić information content (AvgIpc) is 3.20. The van der Waals surface area contributed by atoms with E-state index in [1.807, 2.05) is 12.1 Å². The minimum Gasteiger partial charge on any atom is -0.495 e. The van der Waals surface area contributed by atoms with Crippen molar-refractivity contribution in [2.45, 2.75) is 0 Å². The zero-order valence-electron chi connectivity index (χ0n) is 16.1. The summed E-state index contributed by atoms with van der Waals surface area (Å²) in [5.41, 5.74) is 0.955. The molecule has 1 N–H and O–H groups in total. The fraction of sp³-hybridized carbons (Fsp3) is 0.300. The number of urea groups is 1. The van der Waals surface area contributed by atoms with Gasteiger partial charge in [-0.25, -0.2) is 14.2 Å². The van der Waals surface area contributed by atoms with Crippen LogP contribution >= 0.6 is 11.3 Å². The van der Waals surface area contributed by atoms with Gasteiger partial charge in [0.05, 0.1) is 19.9 Å². The van der Waals surface area contributed by atoms with Crippen molar-refractivity contribution in [1.29, 1.82) is 0 Å². The number of carbonyl (C=O) groups excluding carboxylic acids is 1. The van der Waals surface area contributed by atoms with Gasteiger partial charge >= 0.3 is 6.03 Å². The van der Waals surface area contributed by atoms with Crippen LogP contribution in [0.4, 0.5) is 20.0 Å². The highest BCUT2D eigenvalue weighted by atomic mass is 32.1. The van der Waals surface area contributed by atoms with Crippen LogP contribution in [-0.4, -0.2) is 56.3 Å². The first-order valence-corrected chi connectivity index (χ1v) is 9.99. The van der Waals surface area contributed by atoms with E-state index in [0.29, 0.717) is 31.9 Å². The molecule has 152 valence electrons. The molecule has 1 aliphatic rings. The molecule has 4 rings (SSSR count). The quantitative estimate of drug-likeness (QED) is 0.701. The van der Waals surface area contributed by atoms with Crippen LogP contribution in [-0.2, 0) is 0 Å². The summed E-state index contributed by atoms with van der Waals surface area (Å²) in [7, 11) is 3.25. The standard InChI is InChI=1S/C20H21FN4O3S/c1-27-15-7-8-16(28-2)18-17(15)23-20(29-18)25-11-9-24(10-12-25)19(26)22-14-6-4-3-5-13(14)21/h3-8H,9-12H2,1-2H3,(H,22,26). The number of aromatic nitrogens is 1. The van der Waals surface area contributed by atoms with Crippen molar-refractivity contribution in [2.75, 3.05) is 50.6 Å². The number of anilines is 2. The molecule has 0 unspecified atom stereocenters. The third-order valence-corrected chi connectivity index (χ3v) is 5.98. The number of nitrogens with zero attached hydrogens (tertiary/aromatic N) is 3. The second-order valence-corrected chi connectivity index (χ2v) is 7.51. The molecular formula is C20H21FN4O3S. The molecule has 3 aromatic rings. The summed E-state index contributed by atoms with van der Waals surface area (Å²) in [6, 6.07) is 9.55. The number of amides is 2. The Morgan fingerprint density at radius 2 is 1.76 bits per heavy atom. The second kappa shape index (κ2) is 8.12. The smallest absolute Gasteiger partial charge is 0.322 e. The Morgan fingerprint density at radius 1 is 1.07 bits per heavy atom. The number of thiazole rings is 1. The summed E-state index contributed by atoms with van der Waals surface area (Å²) in [5, 5.41) is 3.49. The number of hydrogen-bond donors (Lipinski definition) is 1. The predicted octanol–water partition coefficient (Wildman–Crippen LogP) is 3.81. The van der Waals surface area contributed by atoms with Crippen LogP contribution in [0.25, 0.3) is 10.2 Å². The van der Waals surface area contributed by atoms with Gasteiger partial charge in [0.1, 0.15) is 27.5 Å². The van der Waals surface area contributed by atoms with Gasteiger partial charge in [-0.1, -0.05) is 23.5 Å². The third kappa shape index (κ3) is 3.77. The minimum atomic E-state index is -0.447. The van der Waals surface area contributed by atoms with E-state index in [2.05, 4.69) is 10.2 Å². The van der Waals surface area contributed by atoms with Crippen LogP contribution in [0.2, 0.25) is 0 Å². The highest BCUT2D eigenvalue weighted by molar-refractivity contribution is 7.22. The van der Waals surface area contributed by atoms with Gasteiger partial charge in [0.2, 0.25) is 0 Å².